The van der Waals surface area contributed by atoms with Gasteiger partial charge in [-0.1, -0.05) is 11.8 Å². The van der Waals surface area contributed by atoms with Crippen molar-refractivity contribution in [1.29, 1.82) is 0 Å². The molecule has 0 aliphatic rings. The minimum absolute atomic E-state index is 0.128. The minimum atomic E-state index is -0.466. The van der Waals surface area contributed by atoms with Crippen LogP contribution in [-0.2, 0) is 0 Å². The Balaban J connectivity index is 2.13. The highest BCUT2D eigenvalue weighted by Gasteiger charge is 2.14. The van der Waals surface area contributed by atoms with Crippen LogP contribution >= 0.6 is 11.8 Å². The molecule has 0 fully saturated rings. The zero-order valence-corrected chi connectivity index (χ0v) is 12.8. The van der Waals surface area contributed by atoms with Gasteiger partial charge in [-0.15, -0.1) is 0 Å². The van der Waals surface area contributed by atoms with Crippen molar-refractivity contribution in [2.75, 3.05) is 12.9 Å². The van der Waals surface area contributed by atoms with Crippen molar-refractivity contribution in [2.45, 2.75) is 19.0 Å². The van der Waals surface area contributed by atoms with Crippen molar-refractivity contribution in [1.82, 2.24) is 9.97 Å². The zero-order chi connectivity index (χ0) is 15.4. The second kappa shape index (κ2) is 6.67. The Bertz CT molecular complexity index is 656. The third-order valence-electron chi connectivity index (χ3n) is 2.76. The molecule has 0 amide bonds. The van der Waals surface area contributed by atoms with Crippen LogP contribution in [0.15, 0.2) is 29.4 Å². The molecular weight excluding hydrogens is 291 g/mol. The second-order valence-electron chi connectivity index (χ2n) is 4.49. The zero-order valence-electron chi connectivity index (χ0n) is 12.0. The summed E-state index contributed by atoms with van der Waals surface area (Å²) in [4.78, 5) is 20.7. The molecule has 21 heavy (non-hydrogen) atoms. The van der Waals surface area contributed by atoms with E-state index in [0.29, 0.717) is 10.9 Å². The SMILES string of the molecule is COc1ccc(F)cc1C(=O)CSc1nc(C)cc(C)n1. The van der Waals surface area contributed by atoms with Gasteiger partial charge in [0.25, 0.3) is 0 Å². The molecule has 0 saturated carbocycles. The second-order valence-corrected chi connectivity index (χ2v) is 5.43. The third-order valence-corrected chi connectivity index (χ3v) is 3.60. The Morgan fingerprint density at radius 1 is 1.24 bits per heavy atom. The lowest BCUT2D eigenvalue weighted by Crippen LogP contribution is -2.06. The number of carbonyl (C=O) groups excluding carboxylic acids is 1. The Morgan fingerprint density at radius 3 is 2.52 bits per heavy atom. The van der Waals surface area contributed by atoms with Crippen molar-refractivity contribution >= 4 is 17.5 Å². The predicted molar refractivity (Wildman–Crippen MR) is 79.5 cm³/mol. The molecule has 1 heterocycles. The lowest BCUT2D eigenvalue weighted by Gasteiger charge is -2.07. The molecule has 0 N–H and O–H groups in total. The number of aromatic nitrogens is 2. The van der Waals surface area contributed by atoms with E-state index >= 15 is 0 Å². The molecule has 2 rings (SSSR count). The molecule has 0 atom stereocenters. The molecular formula is C15H15FN2O2S. The summed E-state index contributed by atoms with van der Waals surface area (Å²) in [5.74, 6) is -0.197. The van der Waals surface area contributed by atoms with Crippen molar-refractivity contribution in [2.24, 2.45) is 0 Å². The predicted octanol–water partition coefficient (Wildman–Crippen LogP) is 3.22. The average molecular weight is 306 g/mol. The minimum Gasteiger partial charge on any atom is -0.496 e. The maximum absolute atomic E-state index is 13.3. The molecule has 4 nitrogen and oxygen atoms in total. The van der Waals surface area contributed by atoms with E-state index in [9.17, 15) is 9.18 Å². The summed E-state index contributed by atoms with van der Waals surface area (Å²) in [7, 11) is 1.45. The number of methoxy groups -OCH3 is 1. The van der Waals surface area contributed by atoms with Crippen molar-refractivity contribution in [3.05, 3.63) is 47.0 Å². The number of carbonyl (C=O) groups is 1. The first kappa shape index (κ1) is 15.4. The number of Topliss-reactive ketones (excluding diaryl/α,β-unsaturated/α-hetero) is 1. The van der Waals surface area contributed by atoms with Gasteiger partial charge in [-0.05, 0) is 38.1 Å². The van der Waals surface area contributed by atoms with Crippen LogP contribution in [0.5, 0.6) is 5.75 Å². The van der Waals surface area contributed by atoms with Gasteiger partial charge < -0.3 is 4.74 Å². The topological polar surface area (TPSA) is 52.1 Å². The molecule has 0 radical (unpaired) electrons. The van der Waals surface area contributed by atoms with Crippen LogP contribution in [0, 0.1) is 19.7 Å². The monoisotopic (exact) mass is 306 g/mol. The van der Waals surface area contributed by atoms with Crippen LogP contribution in [0.4, 0.5) is 4.39 Å². The number of ether oxygens (including phenoxy) is 1. The molecule has 0 unspecified atom stereocenters. The Hall–Kier alpha value is -1.95. The number of nitrogens with zero attached hydrogens (tertiary/aromatic N) is 2. The summed E-state index contributed by atoms with van der Waals surface area (Å²) in [6.07, 6.45) is 0. The lowest BCUT2D eigenvalue weighted by atomic mass is 10.1. The Labute approximate surface area is 126 Å². The highest BCUT2D eigenvalue weighted by atomic mass is 32.2. The fourth-order valence-electron chi connectivity index (χ4n) is 1.86. The summed E-state index contributed by atoms with van der Waals surface area (Å²) < 4.78 is 18.4. The molecule has 6 heteroatoms. The number of aryl methyl sites for hydroxylation is 2. The molecule has 0 spiro atoms. The van der Waals surface area contributed by atoms with E-state index in [1.165, 1.54) is 37.1 Å². The number of halogens is 1. The molecule has 1 aromatic heterocycles. The van der Waals surface area contributed by atoms with Crippen molar-refractivity contribution in [3.63, 3.8) is 0 Å². The average Bonchev–Trinajstić information content (AvgIpc) is 2.43. The third kappa shape index (κ3) is 4.01. The molecule has 0 aliphatic carbocycles. The maximum atomic E-state index is 13.3. The highest BCUT2D eigenvalue weighted by molar-refractivity contribution is 7.99. The van der Waals surface area contributed by atoms with E-state index in [1.54, 1.807) is 0 Å². The van der Waals surface area contributed by atoms with E-state index in [-0.39, 0.29) is 17.1 Å². The van der Waals surface area contributed by atoms with Gasteiger partial charge in [-0.3, -0.25) is 4.79 Å². The van der Waals surface area contributed by atoms with E-state index in [1.807, 2.05) is 19.9 Å². The first-order valence-electron chi connectivity index (χ1n) is 6.31. The summed E-state index contributed by atoms with van der Waals surface area (Å²) in [5, 5.41) is 0.538. The van der Waals surface area contributed by atoms with Gasteiger partial charge in [0, 0.05) is 11.4 Å². The smallest absolute Gasteiger partial charge is 0.188 e. The van der Waals surface area contributed by atoms with Crippen LogP contribution in [0.25, 0.3) is 0 Å². The van der Waals surface area contributed by atoms with Crippen LogP contribution in [0.3, 0.4) is 0 Å². The molecule has 1 aromatic carbocycles. The van der Waals surface area contributed by atoms with Gasteiger partial charge in [0.05, 0.1) is 18.4 Å². The fraction of sp³-hybridized carbons (Fsp3) is 0.267. The lowest BCUT2D eigenvalue weighted by molar-refractivity contribution is 0.101. The van der Waals surface area contributed by atoms with Gasteiger partial charge in [-0.2, -0.15) is 0 Å². The number of benzene rings is 1. The molecule has 110 valence electrons. The maximum Gasteiger partial charge on any atom is 0.188 e. The first-order valence-corrected chi connectivity index (χ1v) is 7.30. The number of hydrogen-bond acceptors (Lipinski definition) is 5. The van der Waals surface area contributed by atoms with Crippen molar-refractivity contribution < 1.29 is 13.9 Å². The van der Waals surface area contributed by atoms with Gasteiger partial charge in [0.2, 0.25) is 0 Å². The molecule has 0 bridgehead atoms. The van der Waals surface area contributed by atoms with E-state index in [2.05, 4.69) is 9.97 Å². The van der Waals surface area contributed by atoms with Crippen LogP contribution in [0.2, 0.25) is 0 Å². The van der Waals surface area contributed by atoms with E-state index < -0.39 is 5.82 Å². The van der Waals surface area contributed by atoms with E-state index in [4.69, 9.17) is 4.74 Å². The number of rotatable bonds is 5. The normalized spacial score (nSPS) is 10.5. The largest absolute Gasteiger partial charge is 0.496 e. The standard InChI is InChI=1S/C15H15FN2O2S/c1-9-6-10(2)18-15(17-9)21-8-13(19)12-7-11(16)4-5-14(12)20-3/h4-7H,8H2,1-3H3. The van der Waals surface area contributed by atoms with Crippen LogP contribution in [0.1, 0.15) is 21.7 Å². The van der Waals surface area contributed by atoms with Crippen LogP contribution < -0.4 is 4.74 Å². The summed E-state index contributed by atoms with van der Waals surface area (Å²) in [6.45, 7) is 3.74. The molecule has 2 aromatic rings. The van der Waals surface area contributed by atoms with Gasteiger partial charge in [0.15, 0.2) is 10.9 Å². The summed E-state index contributed by atoms with van der Waals surface area (Å²) in [6, 6.07) is 5.75. The Morgan fingerprint density at radius 2 is 1.90 bits per heavy atom. The summed E-state index contributed by atoms with van der Waals surface area (Å²) >= 11 is 1.23. The number of ketones is 1. The van der Waals surface area contributed by atoms with Crippen molar-refractivity contribution in [3.8, 4) is 5.75 Å². The summed E-state index contributed by atoms with van der Waals surface area (Å²) in [5.41, 5.74) is 1.93. The van der Waals surface area contributed by atoms with Gasteiger partial charge in [0.1, 0.15) is 11.6 Å². The van der Waals surface area contributed by atoms with Crippen LogP contribution in [-0.4, -0.2) is 28.6 Å². The molecule has 0 saturated heterocycles. The van der Waals surface area contributed by atoms with E-state index in [0.717, 1.165) is 11.4 Å². The highest BCUT2D eigenvalue weighted by Crippen LogP contribution is 2.23. The fourth-order valence-corrected chi connectivity index (χ4v) is 2.70. The number of hydrogen-bond donors (Lipinski definition) is 0. The number of thioether (sulfide) groups is 1. The quantitative estimate of drug-likeness (QED) is 0.482. The van der Waals surface area contributed by atoms with Gasteiger partial charge >= 0.3 is 0 Å². The van der Waals surface area contributed by atoms with Gasteiger partial charge in [-0.25, -0.2) is 14.4 Å². The Kier molecular flexibility index (Phi) is 4.90. The molecule has 0 aliphatic heterocycles. The first-order chi connectivity index (χ1) is 9.99.